The lowest BCUT2D eigenvalue weighted by Crippen LogP contribution is -2.06. The summed E-state index contributed by atoms with van der Waals surface area (Å²) in [6.45, 7) is 0.243. The molecular formula is C21H15ClF2N4O. The van der Waals surface area contributed by atoms with Crippen molar-refractivity contribution in [3.63, 3.8) is 0 Å². The van der Waals surface area contributed by atoms with Crippen molar-refractivity contribution in [1.29, 1.82) is 0 Å². The predicted octanol–water partition coefficient (Wildman–Crippen LogP) is 5.24. The Morgan fingerprint density at radius 2 is 1.93 bits per heavy atom. The van der Waals surface area contributed by atoms with Gasteiger partial charge < -0.3 is 10.1 Å². The Morgan fingerprint density at radius 3 is 2.69 bits per heavy atom. The van der Waals surface area contributed by atoms with Crippen LogP contribution in [0.25, 0.3) is 22.0 Å². The highest BCUT2D eigenvalue weighted by molar-refractivity contribution is 6.34. The summed E-state index contributed by atoms with van der Waals surface area (Å²) in [5, 5.41) is 3.52. The molecule has 8 heteroatoms. The van der Waals surface area contributed by atoms with Crippen LogP contribution in [0.1, 0.15) is 5.82 Å². The summed E-state index contributed by atoms with van der Waals surface area (Å²) >= 11 is 6.29. The van der Waals surface area contributed by atoms with Crippen LogP contribution in [0.4, 0.5) is 14.6 Å². The van der Waals surface area contributed by atoms with E-state index in [-0.39, 0.29) is 34.0 Å². The fourth-order valence-electron chi connectivity index (χ4n) is 3.01. The van der Waals surface area contributed by atoms with Gasteiger partial charge in [-0.1, -0.05) is 23.7 Å². The van der Waals surface area contributed by atoms with Crippen molar-refractivity contribution < 1.29 is 13.5 Å². The molecule has 0 saturated heterocycles. The van der Waals surface area contributed by atoms with Gasteiger partial charge in [-0.05, 0) is 30.3 Å². The maximum atomic E-state index is 15.4. The van der Waals surface area contributed by atoms with Crippen LogP contribution in [0, 0.1) is 11.6 Å². The largest absolute Gasteiger partial charge is 0.496 e. The van der Waals surface area contributed by atoms with E-state index in [4.69, 9.17) is 16.3 Å². The van der Waals surface area contributed by atoms with E-state index in [1.54, 1.807) is 24.4 Å². The van der Waals surface area contributed by atoms with Gasteiger partial charge >= 0.3 is 0 Å². The molecule has 4 rings (SSSR count). The lowest BCUT2D eigenvalue weighted by atomic mass is 10.0. The molecule has 0 aliphatic heterocycles. The third kappa shape index (κ3) is 3.69. The number of methoxy groups -OCH3 is 1. The molecule has 5 nitrogen and oxygen atoms in total. The third-order valence-corrected chi connectivity index (χ3v) is 4.65. The molecule has 0 saturated carbocycles. The second-order valence-electron chi connectivity index (χ2n) is 6.16. The normalized spacial score (nSPS) is 10.9. The highest BCUT2D eigenvalue weighted by atomic mass is 35.5. The number of pyridine rings is 1. The predicted molar refractivity (Wildman–Crippen MR) is 108 cm³/mol. The number of rotatable bonds is 5. The van der Waals surface area contributed by atoms with Crippen molar-refractivity contribution in [2.45, 2.75) is 6.54 Å². The highest BCUT2D eigenvalue weighted by Crippen LogP contribution is 2.40. The van der Waals surface area contributed by atoms with E-state index in [1.807, 2.05) is 6.07 Å². The third-order valence-electron chi connectivity index (χ3n) is 4.35. The second-order valence-corrected chi connectivity index (χ2v) is 6.56. The number of anilines is 1. The van der Waals surface area contributed by atoms with Gasteiger partial charge in [-0.25, -0.2) is 23.7 Å². The number of benzene rings is 2. The summed E-state index contributed by atoms with van der Waals surface area (Å²) in [5.41, 5.74) is -0.106. The first kappa shape index (κ1) is 19.0. The molecular weight excluding hydrogens is 398 g/mol. The molecule has 0 aliphatic rings. The van der Waals surface area contributed by atoms with Crippen LogP contribution in [0.2, 0.25) is 5.02 Å². The minimum atomic E-state index is -0.739. The van der Waals surface area contributed by atoms with Crippen molar-refractivity contribution in [3.8, 4) is 16.9 Å². The van der Waals surface area contributed by atoms with Crippen LogP contribution >= 0.6 is 11.6 Å². The molecule has 0 radical (unpaired) electrons. The molecule has 146 valence electrons. The van der Waals surface area contributed by atoms with Gasteiger partial charge in [0.25, 0.3) is 0 Å². The van der Waals surface area contributed by atoms with Crippen molar-refractivity contribution in [3.05, 3.63) is 77.3 Å². The van der Waals surface area contributed by atoms with Crippen LogP contribution in [-0.2, 0) is 6.54 Å². The van der Waals surface area contributed by atoms with E-state index >= 15 is 4.39 Å². The van der Waals surface area contributed by atoms with E-state index in [1.165, 1.54) is 31.5 Å². The number of nitrogens with one attached hydrogen (secondary N) is 1. The molecule has 0 atom stereocenters. The van der Waals surface area contributed by atoms with Crippen LogP contribution in [0.5, 0.6) is 5.75 Å². The summed E-state index contributed by atoms with van der Waals surface area (Å²) in [7, 11) is 1.38. The van der Waals surface area contributed by atoms with Crippen LogP contribution in [0.15, 0.2) is 54.9 Å². The standard InChI is InChI=1S/C21H15ClF2N4O/c1-29-15-6-4-5-14(23)19(15)18-13(22)9-12-10-26-17(28-21(12)20(18)24)11-27-16-7-2-3-8-25-16/h2-10H,11H2,1H3,(H,25,27). The zero-order valence-electron chi connectivity index (χ0n) is 15.3. The molecule has 0 amide bonds. The van der Waals surface area contributed by atoms with Crippen molar-refractivity contribution in [1.82, 2.24) is 15.0 Å². The summed E-state index contributed by atoms with van der Waals surface area (Å²) in [4.78, 5) is 12.7. The van der Waals surface area contributed by atoms with Gasteiger partial charge in [0.05, 0.1) is 24.2 Å². The van der Waals surface area contributed by atoms with Gasteiger partial charge in [0, 0.05) is 23.3 Å². The topological polar surface area (TPSA) is 59.9 Å². The monoisotopic (exact) mass is 412 g/mol. The smallest absolute Gasteiger partial charge is 0.159 e. The average molecular weight is 413 g/mol. The Bertz CT molecular complexity index is 1190. The van der Waals surface area contributed by atoms with Gasteiger partial charge in [-0.3, -0.25) is 0 Å². The molecule has 2 aromatic carbocycles. The average Bonchev–Trinajstić information content (AvgIpc) is 2.74. The summed E-state index contributed by atoms with van der Waals surface area (Å²) in [5.74, 6) is -0.204. The van der Waals surface area contributed by atoms with E-state index in [0.717, 1.165) is 0 Å². The number of nitrogens with zero attached hydrogens (tertiary/aromatic N) is 3. The Balaban J connectivity index is 1.79. The first-order chi connectivity index (χ1) is 14.1. The Labute approximate surface area is 170 Å². The number of fused-ring (bicyclic) bond motifs is 1. The minimum absolute atomic E-state index is 0.0429. The van der Waals surface area contributed by atoms with Gasteiger partial charge in [0.1, 0.15) is 28.7 Å². The molecule has 0 aliphatic carbocycles. The molecule has 0 unspecified atom stereocenters. The summed E-state index contributed by atoms with van der Waals surface area (Å²) < 4.78 is 35.1. The first-order valence-electron chi connectivity index (χ1n) is 8.70. The fourth-order valence-corrected chi connectivity index (χ4v) is 3.30. The maximum absolute atomic E-state index is 15.4. The van der Waals surface area contributed by atoms with Gasteiger partial charge in [-0.15, -0.1) is 0 Å². The Morgan fingerprint density at radius 1 is 1.07 bits per heavy atom. The number of hydrogen-bond acceptors (Lipinski definition) is 5. The Hall–Kier alpha value is -3.32. The molecule has 4 aromatic rings. The molecule has 0 bridgehead atoms. The highest BCUT2D eigenvalue weighted by Gasteiger charge is 2.22. The molecule has 0 spiro atoms. The zero-order valence-corrected chi connectivity index (χ0v) is 16.0. The van der Waals surface area contributed by atoms with E-state index < -0.39 is 11.6 Å². The van der Waals surface area contributed by atoms with Crippen molar-refractivity contribution in [2.24, 2.45) is 0 Å². The number of halogens is 3. The summed E-state index contributed by atoms with van der Waals surface area (Å²) in [6, 6.07) is 11.2. The van der Waals surface area contributed by atoms with Gasteiger partial charge in [-0.2, -0.15) is 0 Å². The van der Waals surface area contributed by atoms with E-state index in [9.17, 15) is 4.39 Å². The minimum Gasteiger partial charge on any atom is -0.496 e. The van der Waals surface area contributed by atoms with Crippen LogP contribution in [0.3, 0.4) is 0 Å². The maximum Gasteiger partial charge on any atom is 0.159 e. The fraction of sp³-hybridized carbons (Fsp3) is 0.0952. The van der Waals surface area contributed by atoms with E-state index in [0.29, 0.717) is 17.0 Å². The van der Waals surface area contributed by atoms with E-state index in [2.05, 4.69) is 20.3 Å². The zero-order chi connectivity index (χ0) is 20.4. The Kier molecular flexibility index (Phi) is 5.22. The number of aromatic nitrogens is 3. The van der Waals surface area contributed by atoms with Crippen LogP contribution < -0.4 is 10.1 Å². The quantitative estimate of drug-likeness (QED) is 0.485. The van der Waals surface area contributed by atoms with Gasteiger partial charge in [0.15, 0.2) is 5.82 Å². The summed E-state index contributed by atoms with van der Waals surface area (Å²) in [6.07, 6.45) is 3.13. The molecule has 0 fully saturated rings. The molecule has 2 aromatic heterocycles. The SMILES string of the molecule is COc1cccc(F)c1-c1c(Cl)cc2cnc(CNc3ccccn3)nc2c1F. The molecule has 1 N–H and O–H groups in total. The molecule has 2 heterocycles. The lowest BCUT2D eigenvalue weighted by Gasteiger charge is -2.14. The van der Waals surface area contributed by atoms with Crippen LogP contribution in [-0.4, -0.2) is 22.1 Å². The van der Waals surface area contributed by atoms with Gasteiger partial charge in [0.2, 0.25) is 0 Å². The number of hydrogen-bond donors (Lipinski definition) is 1. The lowest BCUT2D eigenvalue weighted by molar-refractivity contribution is 0.413. The second kappa shape index (κ2) is 7.97. The van der Waals surface area contributed by atoms with Crippen molar-refractivity contribution >= 4 is 28.3 Å². The first-order valence-corrected chi connectivity index (χ1v) is 9.07. The molecule has 29 heavy (non-hydrogen) atoms. The number of ether oxygens (including phenoxy) is 1. The van der Waals surface area contributed by atoms with Crippen molar-refractivity contribution in [2.75, 3.05) is 12.4 Å².